The molecule has 0 radical (unpaired) electrons. The summed E-state index contributed by atoms with van der Waals surface area (Å²) in [5, 5.41) is 0. The van der Waals surface area contributed by atoms with Gasteiger partial charge in [-0.05, 0) is 20.8 Å². The first-order valence-electron chi connectivity index (χ1n) is 4.97. The molecule has 0 bridgehead atoms. The van der Waals surface area contributed by atoms with Crippen LogP contribution in [0.5, 0.6) is 0 Å². The van der Waals surface area contributed by atoms with Crippen LogP contribution in [0.2, 0.25) is 0 Å². The van der Waals surface area contributed by atoms with Gasteiger partial charge in [0.05, 0.1) is 0 Å². The minimum atomic E-state index is -2.70. The molecular formula is C9H18N2O2S. The third-order valence-electron chi connectivity index (χ3n) is 3.05. The Morgan fingerprint density at radius 1 is 1.14 bits per heavy atom. The highest BCUT2D eigenvalue weighted by Gasteiger charge is 2.43. The van der Waals surface area contributed by atoms with Crippen molar-refractivity contribution in [3.05, 3.63) is 0 Å². The second kappa shape index (κ2) is 2.93. The Morgan fingerprint density at radius 3 is 2.00 bits per heavy atom. The van der Waals surface area contributed by atoms with Crippen molar-refractivity contribution in [1.29, 1.82) is 0 Å². The highest BCUT2D eigenvalue weighted by Crippen LogP contribution is 2.27. The standard InChI is InChI=1S/C9H18N2O2S/c1-9(2,3)11-4-8(5-11)10-6-14(12,13)7-10/h8H,4-7H2,1-3H3. The summed E-state index contributed by atoms with van der Waals surface area (Å²) < 4.78 is 21.9. The van der Waals surface area contributed by atoms with Gasteiger partial charge in [-0.15, -0.1) is 0 Å². The third kappa shape index (κ3) is 1.81. The van der Waals surface area contributed by atoms with Gasteiger partial charge in [-0.3, -0.25) is 9.80 Å². The lowest BCUT2D eigenvalue weighted by molar-refractivity contribution is -0.0152. The van der Waals surface area contributed by atoms with Crippen LogP contribution in [0.1, 0.15) is 20.8 Å². The molecule has 82 valence electrons. The number of rotatable bonds is 1. The maximum absolute atomic E-state index is 11.0. The normalized spacial score (nSPS) is 29.6. The minimum absolute atomic E-state index is 0.222. The fourth-order valence-corrected chi connectivity index (χ4v) is 3.27. The van der Waals surface area contributed by atoms with Crippen molar-refractivity contribution < 1.29 is 8.42 Å². The van der Waals surface area contributed by atoms with E-state index in [1.54, 1.807) is 0 Å². The van der Waals surface area contributed by atoms with E-state index in [1.165, 1.54) is 0 Å². The molecule has 0 amide bonds. The monoisotopic (exact) mass is 218 g/mol. The van der Waals surface area contributed by atoms with Gasteiger partial charge in [-0.25, -0.2) is 8.42 Å². The fourth-order valence-electron chi connectivity index (χ4n) is 1.91. The van der Waals surface area contributed by atoms with Crippen LogP contribution < -0.4 is 0 Å². The molecule has 0 unspecified atom stereocenters. The number of likely N-dealkylation sites (tertiary alicyclic amines) is 1. The van der Waals surface area contributed by atoms with E-state index < -0.39 is 9.84 Å². The molecule has 0 spiro atoms. The highest BCUT2D eigenvalue weighted by molar-refractivity contribution is 7.92. The first kappa shape index (κ1) is 10.4. The average molecular weight is 218 g/mol. The summed E-state index contributed by atoms with van der Waals surface area (Å²) in [6.45, 7) is 8.60. The molecule has 14 heavy (non-hydrogen) atoms. The van der Waals surface area contributed by atoms with E-state index in [0.29, 0.717) is 6.04 Å². The van der Waals surface area contributed by atoms with Crippen molar-refractivity contribution in [2.24, 2.45) is 0 Å². The molecule has 0 aromatic carbocycles. The average Bonchev–Trinajstić information content (AvgIpc) is 1.74. The number of sulfone groups is 1. The van der Waals surface area contributed by atoms with Gasteiger partial charge in [0.1, 0.15) is 11.8 Å². The van der Waals surface area contributed by atoms with Crippen LogP contribution in [0.3, 0.4) is 0 Å². The molecule has 0 saturated carbocycles. The second-order valence-corrected chi connectivity index (χ2v) is 7.32. The topological polar surface area (TPSA) is 40.6 Å². The molecule has 2 aliphatic rings. The quantitative estimate of drug-likeness (QED) is 0.626. The van der Waals surface area contributed by atoms with Crippen molar-refractivity contribution >= 4 is 9.84 Å². The van der Waals surface area contributed by atoms with E-state index in [4.69, 9.17) is 0 Å². The molecule has 0 aromatic heterocycles. The number of hydrogen-bond donors (Lipinski definition) is 0. The summed E-state index contributed by atoms with van der Waals surface area (Å²) >= 11 is 0. The summed E-state index contributed by atoms with van der Waals surface area (Å²) in [6, 6.07) is 0.470. The first-order valence-corrected chi connectivity index (χ1v) is 6.80. The molecule has 0 aliphatic carbocycles. The highest BCUT2D eigenvalue weighted by atomic mass is 32.2. The van der Waals surface area contributed by atoms with Crippen LogP contribution in [0, 0.1) is 0 Å². The molecule has 0 N–H and O–H groups in total. The van der Waals surface area contributed by atoms with Crippen molar-refractivity contribution in [1.82, 2.24) is 9.80 Å². The largest absolute Gasteiger partial charge is 0.295 e. The molecule has 0 atom stereocenters. The van der Waals surface area contributed by atoms with Gasteiger partial charge in [0.15, 0.2) is 9.84 Å². The smallest absolute Gasteiger partial charge is 0.176 e. The maximum atomic E-state index is 11.0. The van der Waals surface area contributed by atoms with Gasteiger partial charge >= 0.3 is 0 Å². The van der Waals surface area contributed by atoms with Gasteiger partial charge < -0.3 is 0 Å². The van der Waals surface area contributed by atoms with Gasteiger partial charge in [-0.2, -0.15) is 0 Å². The van der Waals surface area contributed by atoms with Crippen LogP contribution in [0.15, 0.2) is 0 Å². The predicted molar refractivity (Wildman–Crippen MR) is 55.6 cm³/mol. The van der Waals surface area contributed by atoms with Crippen LogP contribution in [-0.4, -0.2) is 54.6 Å². The van der Waals surface area contributed by atoms with Gasteiger partial charge in [0.25, 0.3) is 0 Å². The van der Waals surface area contributed by atoms with Crippen LogP contribution in [0.25, 0.3) is 0 Å². The Bertz CT molecular complexity index is 313. The first-order chi connectivity index (χ1) is 6.28. The summed E-state index contributed by atoms with van der Waals surface area (Å²) in [5.41, 5.74) is 0.222. The van der Waals surface area contributed by atoms with Crippen molar-refractivity contribution in [2.75, 3.05) is 24.8 Å². The molecule has 4 nitrogen and oxygen atoms in total. The summed E-state index contributed by atoms with van der Waals surface area (Å²) in [5.74, 6) is 0.547. The van der Waals surface area contributed by atoms with Crippen molar-refractivity contribution in [3.63, 3.8) is 0 Å². The Balaban J connectivity index is 1.80. The summed E-state index contributed by atoms with van der Waals surface area (Å²) in [6.07, 6.45) is 0. The van der Waals surface area contributed by atoms with Gasteiger partial charge in [0, 0.05) is 24.7 Å². The molecule has 2 saturated heterocycles. The molecular weight excluding hydrogens is 200 g/mol. The summed E-state index contributed by atoms with van der Waals surface area (Å²) in [4.78, 5) is 4.43. The van der Waals surface area contributed by atoms with E-state index in [2.05, 4.69) is 30.6 Å². The van der Waals surface area contributed by atoms with Crippen molar-refractivity contribution in [3.8, 4) is 0 Å². The Kier molecular flexibility index (Phi) is 2.18. The van der Waals surface area contributed by atoms with Crippen LogP contribution in [-0.2, 0) is 9.84 Å². The van der Waals surface area contributed by atoms with Crippen molar-refractivity contribution in [2.45, 2.75) is 32.4 Å². The second-order valence-electron chi connectivity index (χ2n) is 5.32. The zero-order valence-electron chi connectivity index (χ0n) is 9.02. The number of nitrogens with zero attached hydrogens (tertiary/aromatic N) is 2. The van der Waals surface area contributed by atoms with Gasteiger partial charge in [-0.1, -0.05) is 0 Å². The van der Waals surface area contributed by atoms with E-state index in [9.17, 15) is 8.42 Å². The molecule has 2 heterocycles. The van der Waals surface area contributed by atoms with E-state index in [-0.39, 0.29) is 17.3 Å². The lowest BCUT2D eigenvalue weighted by atomic mass is 9.97. The zero-order chi connectivity index (χ0) is 10.6. The summed E-state index contributed by atoms with van der Waals surface area (Å²) in [7, 11) is -2.70. The van der Waals surface area contributed by atoms with Gasteiger partial charge in [0.2, 0.25) is 0 Å². The van der Waals surface area contributed by atoms with E-state index in [0.717, 1.165) is 13.1 Å². The fraction of sp³-hybridized carbons (Fsp3) is 1.00. The lowest BCUT2D eigenvalue weighted by Gasteiger charge is -2.53. The van der Waals surface area contributed by atoms with Crippen LogP contribution in [0.4, 0.5) is 0 Å². The third-order valence-corrected chi connectivity index (χ3v) is 4.50. The molecule has 0 aromatic rings. The molecule has 5 heteroatoms. The zero-order valence-corrected chi connectivity index (χ0v) is 9.84. The molecule has 2 rings (SSSR count). The Labute approximate surface area is 85.8 Å². The SMILES string of the molecule is CC(C)(C)N1CC(N2CS(=O)(=O)C2)C1. The Hall–Kier alpha value is -0.130. The lowest BCUT2D eigenvalue weighted by Crippen LogP contribution is -2.68. The molecule has 2 aliphatic heterocycles. The van der Waals surface area contributed by atoms with E-state index in [1.807, 2.05) is 0 Å². The minimum Gasteiger partial charge on any atom is -0.295 e. The maximum Gasteiger partial charge on any atom is 0.176 e. The molecule has 2 fully saturated rings. The van der Waals surface area contributed by atoms with E-state index >= 15 is 0 Å². The number of hydrogen-bond acceptors (Lipinski definition) is 4. The Morgan fingerprint density at radius 2 is 1.64 bits per heavy atom. The van der Waals surface area contributed by atoms with Crippen LogP contribution >= 0.6 is 0 Å². The predicted octanol–water partition coefficient (Wildman–Crippen LogP) is 0.115.